The van der Waals surface area contributed by atoms with Crippen LogP contribution < -0.4 is 10.2 Å². The fourth-order valence-corrected chi connectivity index (χ4v) is 3.45. The molecule has 0 unspecified atom stereocenters. The molecule has 1 aromatic carbocycles. The van der Waals surface area contributed by atoms with Crippen LogP contribution in [0.3, 0.4) is 0 Å². The summed E-state index contributed by atoms with van der Waals surface area (Å²) in [5.74, 6) is 1.04. The second kappa shape index (κ2) is 6.74. The minimum Gasteiger partial charge on any atom is -0.355 e. The zero-order valence-corrected chi connectivity index (χ0v) is 15.0. The summed E-state index contributed by atoms with van der Waals surface area (Å²) in [5, 5.41) is 15.4. The number of hydrogen-bond acceptors (Lipinski definition) is 5. The van der Waals surface area contributed by atoms with Crippen LogP contribution in [0.25, 0.3) is 5.65 Å². The van der Waals surface area contributed by atoms with Gasteiger partial charge in [-0.15, -0.1) is 15.3 Å². The third-order valence-electron chi connectivity index (χ3n) is 4.98. The van der Waals surface area contributed by atoms with Crippen LogP contribution in [0.5, 0.6) is 0 Å². The highest BCUT2D eigenvalue weighted by atomic mass is 16.1. The maximum atomic E-state index is 12.6. The molecular formula is C19H22N6O. The van der Waals surface area contributed by atoms with Crippen LogP contribution in [-0.2, 0) is 4.79 Å². The first-order valence-corrected chi connectivity index (χ1v) is 8.90. The van der Waals surface area contributed by atoms with Crippen LogP contribution in [0.1, 0.15) is 24.0 Å². The van der Waals surface area contributed by atoms with Gasteiger partial charge in [0.15, 0.2) is 5.65 Å². The van der Waals surface area contributed by atoms with Crippen molar-refractivity contribution in [3.05, 3.63) is 47.8 Å². The van der Waals surface area contributed by atoms with Crippen LogP contribution in [0.15, 0.2) is 36.7 Å². The topological polar surface area (TPSA) is 75.4 Å². The number of nitrogens with one attached hydrogen (secondary N) is 1. The van der Waals surface area contributed by atoms with E-state index in [0.717, 1.165) is 48.6 Å². The minimum atomic E-state index is 0.0330. The summed E-state index contributed by atoms with van der Waals surface area (Å²) in [4.78, 5) is 14.8. The van der Waals surface area contributed by atoms with Gasteiger partial charge in [-0.3, -0.25) is 4.79 Å². The van der Waals surface area contributed by atoms with Crippen LogP contribution in [0.4, 0.5) is 11.5 Å². The van der Waals surface area contributed by atoms with Crippen molar-refractivity contribution in [2.75, 3.05) is 23.3 Å². The molecule has 1 amide bonds. The number of carbonyl (C=O) groups excluding carboxylic acids is 1. The van der Waals surface area contributed by atoms with Crippen LogP contribution in [0.2, 0.25) is 0 Å². The molecule has 0 saturated carbocycles. The summed E-state index contributed by atoms with van der Waals surface area (Å²) >= 11 is 0. The van der Waals surface area contributed by atoms with Gasteiger partial charge in [0.2, 0.25) is 5.91 Å². The molecule has 7 heteroatoms. The van der Waals surface area contributed by atoms with Gasteiger partial charge in [0.1, 0.15) is 12.1 Å². The molecular weight excluding hydrogens is 328 g/mol. The average Bonchev–Trinajstić information content (AvgIpc) is 3.12. The van der Waals surface area contributed by atoms with Crippen molar-refractivity contribution in [2.45, 2.75) is 26.7 Å². The molecule has 1 fully saturated rings. The number of amides is 1. The largest absolute Gasteiger partial charge is 0.355 e. The van der Waals surface area contributed by atoms with Crippen LogP contribution >= 0.6 is 0 Å². The minimum absolute atomic E-state index is 0.0330. The lowest BCUT2D eigenvalue weighted by Crippen LogP contribution is -2.38. The van der Waals surface area contributed by atoms with Gasteiger partial charge >= 0.3 is 0 Å². The second-order valence-corrected chi connectivity index (χ2v) is 6.89. The van der Waals surface area contributed by atoms with E-state index in [1.165, 1.54) is 5.56 Å². The van der Waals surface area contributed by atoms with E-state index >= 15 is 0 Å². The Hall–Kier alpha value is -2.96. The summed E-state index contributed by atoms with van der Waals surface area (Å²) in [5.41, 5.74) is 3.94. The highest BCUT2D eigenvalue weighted by Gasteiger charge is 2.26. The van der Waals surface area contributed by atoms with Crippen molar-refractivity contribution in [2.24, 2.45) is 5.92 Å². The number of hydrogen-bond donors (Lipinski definition) is 1. The zero-order valence-electron chi connectivity index (χ0n) is 15.0. The van der Waals surface area contributed by atoms with Gasteiger partial charge in [-0.2, -0.15) is 4.52 Å². The lowest BCUT2D eigenvalue weighted by molar-refractivity contribution is -0.120. The number of piperidine rings is 1. The molecule has 3 aromatic rings. The Morgan fingerprint density at radius 1 is 1.15 bits per heavy atom. The average molecular weight is 350 g/mol. The van der Waals surface area contributed by atoms with Crippen molar-refractivity contribution in [3.63, 3.8) is 0 Å². The number of aryl methyl sites for hydroxylation is 2. The molecule has 0 aliphatic carbocycles. The predicted molar refractivity (Wildman–Crippen MR) is 100 cm³/mol. The van der Waals surface area contributed by atoms with Crippen molar-refractivity contribution in [1.82, 2.24) is 19.8 Å². The number of anilines is 2. The molecule has 26 heavy (non-hydrogen) atoms. The van der Waals surface area contributed by atoms with E-state index in [4.69, 9.17) is 0 Å². The Balaban J connectivity index is 1.38. The van der Waals surface area contributed by atoms with E-state index in [1.807, 2.05) is 31.2 Å². The van der Waals surface area contributed by atoms with E-state index in [-0.39, 0.29) is 11.8 Å². The Morgan fingerprint density at radius 2 is 1.96 bits per heavy atom. The van der Waals surface area contributed by atoms with Crippen molar-refractivity contribution >= 4 is 23.1 Å². The quantitative estimate of drug-likeness (QED) is 0.786. The normalized spacial score (nSPS) is 15.4. The maximum Gasteiger partial charge on any atom is 0.227 e. The SMILES string of the molecule is Cc1ccc(NC(=O)C2CCN(c3ccc4nncn4n3)CC2)c(C)c1. The first-order valence-electron chi connectivity index (χ1n) is 8.90. The van der Waals surface area contributed by atoms with E-state index in [1.54, 1.807) is 10.8 Å². The lowest BCUT2D eigenvalue weighted by Gasteiger charge is -2.32. The number of nitrogens with zero attached hydrogens (tertiary/aromatic N) is 5. The van der Waals surface area contributed by atoms with Gasteiger partial charge in [0, 0.05) is 24.7 Å². The third-order valence-corrected chi connectivity index (χ3v) is 4.98. The standard InChI is InChI=1S/C19H22N6O/c1-13-3-4-16(14(2)11-13)21-19(26)15-7-9-24(10-8-15)18-6-5-17-22-20-12-25(17)23-18/h3-6,11-12,15H,7-10H2,1-2H3,(H,21,26). The molecule has 1 saturated heterocycles. The molecule has 2 aromatic heterocycles. The Labute approximate surface area is 152 Å². The number of fused-ring (bicyclic) bond motifs is 1. The number of aromatic nitrogens is 4. The smallest absolute Gasteiger partial charge is 0.227 e. The maximum absolute atomic E-state index is 12.6. The van der Waals surface area contributed by atoms with Crippen molar-refractivity contribution < 1.29 is 4.79 Å². The van der Waals surface area contributed by atoms with Gasteiger partial charge < -0.3 is 10.2 Å². The van der Waals surface area contributed by atoms with Gasteiger partial charge in [0.25, 0.3) is 0 Å². The molecule has 134 valence electrons. The zero-order chi connectivity index (χ0) is 18.1. The predicted octanol–water partition coefficient (Wildman–Crippen LogP) is 2.60. The van der Waals surface area contributed by atoms with E-state index in [9.17, 15) is 4.79 Å². The van der Waals surface area contributed by atoms with Crippen molar-refractivity contribution in [3.8, 4) is 0 Å². The summed E-state index contributed by atoms with van der Waals surface area (Å²) in [6, 6.07) is 9.97. The Bertz CT molecular complexity index is 942. The summed E-state index contributed by atoms with van der Waals surface area (Å²) < 4.78 is 1.67. The molecule has 7 nitrogen and oxygen atoms in total. The van der Waals surface area contributed by atoms with Crippen molar-refractivity contribution in [1.29, 1.82) is 0 Å². The number of carbonyl (C=O) groups is 1. The molecule has 0 bridgehead atoms. The van der Waals surface area contributed by atoms with E-state index in [2.05, 4.69) is 38.5 Å². The van der Waals surface area contributed by atoms with E-state index in [0.29, 0.717) is 0 Å². The van der Waals surface area contributed by atoms with E-state index < -0.39 is 0 Å². The Kier molecular flexibility index (Phi) is 4.28. The number of benzene rings is 1. The molecule has 1 N–H and O–H groups in total. The van der Waals surface area contributed by atoms with Gasteiger partial charge in [-0.05, 0) is 50.5 Å². The summed E-state index contributed by atoms with van der Waals surface area (Å²) in [6.45, 7) is 5.70. The fourth-order valence-electron chi connectivity index (χ4n) is 3.45. The first-order chi connectivity index (χ1) is 12.6. The van der Waals surface area contributed by atoms with Gasteiger partial charge in [0.05, 0.1) is 0 Å². The molecule has 0 atom stereocenters. The Morgan fingerprint density at radius 3 is 2.73 bits per heavy atom. The highest BCUT2D eigenvalue weighted by molar-refractivity contribution is 5.93. The monoisotopic (exact) mass is 350 g/mol. The van der Waals surface area contributed by atoms with Crippen LogP contribution in [-0.4, -0.2) is 38.8 Å². The lowest BCUT2D eigenvalue weighted by atomic mass is 9.95. The number of rotatable bonds is 3. The molecule has 0 spiro atoms. The highest BCUT2D eigenvalue weighted by Crippen LogP contribution is 2.24. The van der Waals surface area contributed by atoms with Gasteiger partial charge in [-0.1, -0.05) is 17.7 Å². The first kappa shape index (κ1) is 16.5. The molecule has 1 aliphatic rings. The fraction of sp³-hybridized carbons (Fsp3) is 0.368. The molecule has 1 aliphatic heterocycles. The van der Waals surface area contributed by atoms with Crippen LogP contribution in [0, 0.1) is 19.8 Å². The molecule has 4 rings (SSSR count). The third kappa shape index (κ3) is 3.24. The van der Waals surface area contributed by atoms with Gasteiger partial charge in [-0.25, -0.2) is 0 Å². The second-order valence-electron chi connectivity index (χ2n) is 6.89. The molecule has 0 radical (unpaired) electrons. The summed E-state index contributed by atoms with van der Waals surface area (Å²) in [7, 11) is 0. The molecule has 3 heterocycles. The summed E-state index contributed by atoms with van der Waals surface area (Å²) in [6.07, 6.45) is 3.24.